The van der Waals surface area contributed by atoms with Crippen molar-refractivity contribution in [2.24, 2.45) is 5.92 Å². The molecule has 0 radical (unpaired) electrons. The van der Waals surface area contributed by atoms with Crippen LogP contribution in [0.15, 0.2) is 11.4 Å². The third kappa shape index (κ3) is 6.05. The summed E-state index contributed by atoms with van der Waals surface area (Å²) in [5.74, 6) is 1.13. The Balaban J connectivity index is 1.70. The molecule has 1 aliphatic carbocycles. The lowest BCUT2D eigenvalue weighted by Crippen LogP contribution is -2.32. The van der Waals surface area contributed by atoms with Crippen LogP contribution in [0, 0.1) is 5.92 Å². The van der Waals surface area contributed by atoms with Gasteiger partial charge in [0, 0.05) is 30.9 Å². The molecule has 0 aliphatic heterocycles. The quantitative estimate of drug-likeness (QED) is 0.328. The minimum Gasteiger partial charge on any atom is -0.380 e. The minimum atomic E-state index is 0.169. The summed E-state index contributed by atoms with van der Waals surface area (Å²) in [7, 11) is 0. The lowest BCUT2D eigenvalue weighted by atomic mass is 10.1. The van der Waals surface area contributed by atoms with Crippen molar-refractivity contribution in [3.63, 3.8) is 0 Å². The van der Waals surface area contributed by atoms with Crippen molar-refractivity contribution in [1.82, 2.24) is 25.1 Å². The van der Waals surface area contributed by atoms with Crippen LogP contribution >= 0.6 is 11.8 Å². The van der Waals surface area contributed by atoms with Gasteiger partial charge in [0.15, 0.2) is 10.8 Å². The summed E-state index contributed by atoms with van der Waals surface area (Å²) >= 11 is 1.62. The number of amides is 1. The van der Waals surface area contributed by atoms with Gasteiger partial charge in [-0.15, -0.1) is 0 Å². The summed E-state index contributed by atoms with van der Waals surface area (Å²) in [6.45, 7) is 9.35. The highest BCUT2D eigenvalue weighted by Crippen LogP contribution is 2.27. The van der Waals surface area contributed by atoms with Crippen molar-refractivity contribution in [1.29, 1.82) is 0 Å². The number of nitrogens with one attached hydrogen (secondary N) is 2. The van der Waals surface area contributed by atoms with Crippen molar-refractivity contribution in [2.45, 2.75) is 63.4 Å². The van der Waals surface area contributed by atoms with E-state index >= 15 is 0 Å². The molecule has 1 saturated carbocycles. The van der Waals surface area contributed by atoms with E-state index in [-0.39, 0.29) is 11.8 Å². The van der Waals surface area contributed by atoms with Crippen molar-refractivity contribution in [3.8, 4) is 0 Å². The molecule has 0 aromatic carbocycles. The Morgan fingerprint density at radius 1 is 1.31 bits per heavy atom. The first-order valence-electron chi connectivity index (χ1n) is 10.6. The molecule has 3 rings (SSSR count). The van der Waals surface area contributed by atoms with Gasteiger partial charge in [-0.05, 0) is 19.8 Å². The average Bonchev–Trinajstić information content (AvgIpc) is 3.35. The van der Waals surface area contributed by atoms with E-state index in [4.69, 9.17) is 9.72 Å². The molecule has 29 heavy (non-hydrogen) atoms. The molecule has 0 spiro atoms. The zero-order valence-electron chi connectivity index (χ0n) is 17.6. The first-order valence-corrected chi connectivity index (χ1v) is 11.5. The molecule has 1 amide bonds. The number of carbonyl (C=O) groups is 1. The predicted octanol–water partition coefficient (Wildman–Crippen LogP) is 3.08. The van der Waals surface area contributed by atoms with Crippen LogP contribution in [0.4, 0.5) is 5.82 Å². The highest BCUT2D eigenvalue weighted by atomic mass is 32.2. The second-order valence-electron chi connectivity index (χ2n) is 7.52. The molecule has 2 heterocycles. The lowest BCUT2D eigenvalue weighted by molar-refractivity contribution is -0.124. The molecule has 1 aliphatic rings. The van der Waals surface area contributed by atoms with E-state index in [2.05, 4.69) is 34.6 Å². The molecule has 8 nitrogen and oxygen atoms in total. The number of rotatable bonds is 11. The number of carbonyl (C=O) groups excluding carboxylic acids is 1. The monoisotopic (exact) mass is 420 g/mol. The molecule has 2 N–H and O–H groups in total. The van der Waals surface area contributed by atoms with E-state index in [1.165, 1.54) is 0 Å². The third-order valence-electron chi connectivity index (χ3n) is 4.91. The average molecular weight is 421 g/mol. The molecule has 9 heteroatoms. The second kappa shape index (κ2) is 10.8. The normalized spacial score (nSPS) is 14.8. The summed E-state index contributed by atoms with van der Waals surface area (Å²) in [6, 6.07) is 0. The van der Waals surface area contributed by atoms with E-state index in [0.29, 0.717) is 38.1 Å². The fourth-order valence-corrected chi connectivity index (χ4v) is 4.21. The summed E-state index contributed by atoms with van der Waals surface area (Å²) in [5.41, 5.74) is 0.789. The van der Waals surface area contributed by atoms with Gasteiger partial charge in [-0.25, -0.2) is 14.6 Å². The first kappa shape index (κ1) is 21.8. The van der Waals surface area contributed by atoms with Crippen LogP contribution in [-0.4, -0.2) is 57.2 Å². The van der Waals surface area contributed by atoms with Crippen LogP contribution in [0.3, 0.4) is 0 Å². The lowest BCUT2D eigenvalue weighted by Gasteiger charge is -2.12. The molecule has 2 aromatic heterocycles. The number of thioether (sulfide) groups is 1. The van der Waals surface area contributed by atoms with Gasteiger partial charge in [0.25, 0.3) is 0 Å². The van der Waals surface area contributed by atoms with Gasteiger partial charge in [0.05, 0.1) is 24.7 Å². The highest BCUT2D eigenvalue weighted by Gasteiger charge is 2.22. The number of hydrogen-bond donors (Lipinski definition) is 2. The molecular formula is C20H32N6O2S. The Bertz CT molecular complexity index is 804. The summed E-state index contributed by atoms with van der Waals surface area (Å²) in [4.78, 5) is 21.6. The van der Waals surface area contributed by atoms with Crippen LogP contribution in [0.5, 0.6) is 0 Å². The first-order chi connectivity index (χ1) is 14.1. The van der Waals surface area contributed by atoms with Crippen LogP contribution in [-0.2, 0) is 16.1 Å². The molecule has 2 aromatic rings. The number of fused-ring (bicyclic) bond motifs is 1. The standard InChI is InChI=1S/C20H32N6O2S/c1-4-28-12-10-21-17-16-13-23-26(18(16)25-20(24-17)29-14(2)3)11-9-22-19(27)15-7-5-6-8-15/h13-15H,4-12H2,1-3H3,(H,22,27)(H,21,24,25). The number of aromatic nitrogens is 4. The van der Waals surface area contributed by atoms with Crippen LogP contribution in [0.25, 0.3) is 11.0 Å². The molecule has 0 unspecified atom stereocenters. The topological polar surface area (TPSA) is 94.0 Å². The number of nitrogens with zero attached hydrogens (tertiary/aromatic N) is 4. The van der Waals surface area contributed by atoms with Crippen molar-refractivity contribution >= 4 is 34.5 Å². The van der Waals surface area contributed by atoms with E-state index in [1.807, 2.05) is 11.6 Å². The minimum absolute atomic E-state index is 0.169. The Labute approximate surface area is 176 Å². The number of hydrogen-bond acceptors (Lipinski definition) is 7. The third-order valence-corrected chi connectivity index (χ3v) is 5.77. The second-order valence-corrected chi connectivity index (χ2v) is 9.07. The number of anilines is 1. The maximum absolute atomic E-state index is 12.2. The van der Waals surface area contributed by atoms with Gasteiger partial charge < -0.3 is 15.4 Å². The van der Waals surface area contributed by atoms with Crippen LogP contribution in [0.1, 0.15) is 46.5 Å². The van der Waals surface area contributed by atoms with Crippen molar-refractivity contribution in [3.05, 3.63) is 6.20 Å². The largest absolute Gasteiger partial charge is 0.380 e. The highest BCUT2D eigenvalue weighted by molar-refractivity contribution is 7.99. The van der Waals surface area contributed by atoms with E-state index in [0.717, 1.165) is 47.7 Å². The van der Waals surface area contributed by atoms with Gasteiger partial charge >= 0.3 is 0 Å². The Morgan fingerprint density at radius 2 is 2.10 bits per heavy atom. The fraction of sp³-hybridized carbons (Fsp3) is 0.700. The predicted molar refractivity (Wildman–Crippen MR) is 116 cm³/mol. The van der Waals surface area contributed by atoms with Gasteiger partial charge in [-0.1, -0.05) is 38.5 Å². The SMILES string of the molecule is CCOCCNc1nc(SC(C)C)nc2c1cnn2CCNC(=O)C1CCCC1. The van der Waals surface area contributed by atoms with Crippen LogP contribution in [0.2, 0.25) is 0 Å². The fourth-order valence-electron chi connectivity index (χ4n) is 3.50. The molecule has 0 bridgehead atoms. The molecule has 160 valence electrons. The summed E-state index contributed by atoms with van der Waals surface area (Å²) < 4.78 is 7.26. The van der Waals surface area contributed by atoms with Crippen LogP contribution < -0.4 is 10.6 Å². The van der Waals surface area contributed by atoms with E-state index in [9.17, 15) is 4.79 Å². The zero-order valence-corrected chi connectivity index (χ0v) is 18.4. The Hall–Kier alpha value is -1.87. The Kier molecular flexibility index (Phi) is 8.11. The zero-order chi connectivity index (χ0) is 20.6. The maximum Gasteiger partial charge on any atom is 0.223 e. The molecule has 0 saturated heterocycles. The van der Waals surface area contributed by atoms with E-state index in [1.54, 1.807) is 18.0 Å². The smallest absolute Gasteiger partial charge is 0.223 e. The van der Waals surface area contributed by atoms with Gasteiger partial charge in [0.2, 0.25) is 5.91 Å². The maximum atomic E-state index is 12.2. The number of ether oxygens (including phenoxy) is 1. The summed E-state index contributed by atoms with van der Waals surface area (Å²) in [5, 5.41) is 12.9. The van der Waals surface area contributed by atoms with E-state index < -0.39 is 0 Å². The molecule has 0 atom stereocenters. The van der Waals surface area contributed by atoms with Gasteiger partial charge in [-0.3, -0.25) is 4.79 Å². The molecule has 1 fully saturated rings. The van der Waals surface area contributed by atoms with Gasteiger partial charge in [-0.2, -0.15) is 5.10 Å². The van der Waals surface area contributed by atoms with Gasteiger partial charge in [0.1, 0.15) is 5.82 Å². The van der Waals surface area contributed by atoms with Crippen molar-refractivity contribution < 1.29 is 9.53 Å². The summed E-state index contributed by atoms with van der Waals surface area (Å²) in [6.07, 6.45) is 6.13. The Morgan fingerprint density at radius 3 is 2.83 bits per heavy atom. The molecular weight excluding hydrogens is 388 g/mol. The van der Waals surface area contributed by atoms with Crippen molar-refractivity contribution in [2.75, 3.05) is 31.6 Å².